The molecule has 0 aromatic heterocycles. The number of hydrogen-bond acceptors (Lipinski definition) is 6. The van der Waals surface area contributed by atoms with Crippen LogP contribution < -0.4 is 0 Å². The Hall–Kier alpha value is -3.67. The minimum absolute atomic E-state index is 0.0839. The second-order valence-electron chi connectivity index (χ2n) is 23.7. The van der Waals surface area contributed by atoms with Gasteiger partial charge in [0.25, 0.3) is 0 Å². The molecule has 0 aliphatic heterocycles. The first kappa shape index (κ1) is 79.3. The Morgan fingerprint density at radius 1 is 0.253 bits per heavy atom. The number of unbranched alkanes of at least 4 members (excludes halogenated alkanes) is 38. The molecule has 0 aromatic carbocycles. The van der Waals surface area contributed by atoms with Gasteiger partial charge in [-0.05, 0) is 96.3 Å². The first-order valence-electron chi connectivity index (χ1n) is 35.7. The zero-order valence-electron chi connectivity index (χ0n) is 54.9. The minimum Gasteiger partial charge on any atom is -0.462 e. The molecule has 0 fully saturated rings. The summed E-state index contributed by atoms with van der Waals surface area (Å²) in [6, 6.07) is 0. The van der Waals surface area contributed by atoms with Crippen LogP contribution in [0.25, 0.3) is 0 Å². The summed E-state index contributed by atoms with van der Waals surface area (Å²) in [5, 5.41) is 0. The largest absolute Gasteiger partial charge is 0.462 e. The zero-order valence-corrected chi connectivity index (χ0v) is 54.9. The van der Waals surface area contributed by atoms with Gasteiger partial charge in [-0.3, -0.25) is 14.4 Å². The lowest BCUT2D eigenvalue weighted by atomic mass is 10.0. The summed E-state index contributed by atoms with van der Waals surface area (Å²) in [5.74, 6) is -0.888. The predicted octanol–water partition coefficient (Wildman–Crippen LogP) is 24.8. The third kappa shape index (κ3) is 69.0. The fourth-order valence-electron chi connectivity index (χ4n) is 10.3. The average molecular weight is 1160 g/mol. The van der Waals surface area contributed by atoms with E-state index in [4.69, 9.17) is 14.2 Å². The normalized spacial score (nSPS) is 12.7. The maximum atomic E-state index is 13.0. The molecule has 6 heteroatoms. The van der Waals surface area contributed by atoms with Crippen molar-refractivity contribution in [2.75, 3.05) is 13.2 Å². The Kier molecular flexibility index (Phi) is 67.7. The maximum Gasteiger partial charge on any atom is 0.306 e. The molecule has 0 aliphatic carbocycles. The second kappa shape index (κ2) is 70.8. The molecule has 0 bridgehead atoms. The van der Waals surface area contributed by atoms with Gasteiger partial charge in [0.2, 0.25) is 0 Å². The molecule has 1 atom stereocenters. The lowest BCUT2D eigenvalue weighted by molar-refractivity contribution is -0.167. The van der Waals surface area contributed by atoms with E-state index in [1.165, 1.54) is 180 Å². The molecule has 0 saturated carbocycles. The summed E-state index contributed by atoms with van der Waals surface area (Å²) in [7, 11) is 0. The quantitative estimate of drug-likeness (QED) is 0.0261. The van der Waals surface area contributed by atoms with Gasteiger partial charge in [0.05, 0.1) is 0 Å². The van der Waals surface area contributed by atoms with Crippen LogP contribution in [0.2, 0.25) is 0 Å². The van der Waals surface area contributed by atoms with Crippen LogP contribution in [-0.2, 0) is 28.6 Å². The van der Waals surface area contributed by atoms with Crippen molar-refractivity contribution in [3.05, 3.63) is 97.2 Å². The van der Waals surface area contributed by atoms with Crippen molar-refractivity contribution in [3.63, 3.8) is 0 Å². The Morgan fingerprint density at radius 3 is 0.735 bits per heavy atom. The third-order valence-electron chi connectivity index (χ3n) is 15.6. The van der Waals surface area contributed by atoms with E-state index in [-0.39, 0.29) is 31.1 Å². The van der Waals surface area contributed by atoms with Crippen molar-refractivity contribution in [1.29, 1.82) is 0 Å². The van der Waals surface area contributed by atoms with E-state index >= 15 is 0 Å². The van der Waals surface area contributed by atoms with E-state index in [2.05, 4.69) is 118 Å². The molecule has 0 N–H and O–H groups in total. The van der Waals surface area contributed by atoms with Gasteiger partial charge in [0.1, 0.15) is 13.2 Å². The molecule has 0 spiro atoms. The lowest BCUT2D eigenvalue weighted by Gasteiger charge is -2.18. The molecular weight excluding hydrogens is 1020 g/mol. The highest BCUT2D eigenvalue weighted by Gasteiger charge is 2.19. The predicted molar refractivity (Wildman–Crippen MR) is 362 cm³/mol. The molecule has 83 heavy (non-hydrogen) atoms. The van der Waals surface area contributed by atoms with Gasteiger partial charge in [-0.2, -0.15) is 0 Å². The van der Waals surface area contributed by atoms with Crippen LogP contribution in [0.4, 0.5) is 0 Å². The highest BCUT2D eigenvalue weighted by Crippen LogP contribution is 2.18. The molecule has 0 radical (unpaired) electrons. The molecule has 1 unspecified atom stereocenters. The van der Waals surface area contributed by atoms with Gasteiger partial charge in [0, 0.05) is 19.3 Å². The number of ether oxygens (including phenoxy) is 3. The number of carbonyl (C=O) groups is 3. The molecule has 6 nitrogen and oxygen atoms in total. The summed E-state index contributed by atoms with van der Waals surface area (Å²) in [5.41, 5.74) is 0. The maximum absolute atomic E-state index is 13.0. The number of hydrogen-bond donors (Lipinski definition) is 0. The zero-order chi connectivity index (χ0) is 59.9. The van der Waals surface area contributed by atoms with Crippen LogP contribution in [0.5, 0.6) is 0 Å². The molecular formula is C77H134O6. The van der Waals surface area contributed by atoms with Crippen molar-refractivity contribution in [3.8, 4) is 0 Å². The SMILES string of the molecule is CC/C=C\C/C=C\C/C=C\C/C=C\C/C=C\CCCCCCCCCCCC(=O)OCC(COC(=O)CCCCCCC/C=C\C/C=C\C/C=C\CC)OC(=O)CCCCCCCCCCCCCCCCCCCCCCCCCCC. The highest BCUT2D eigenvalue weighted by molar-refractivity contribution is 5.71. The second-order valence-corrected chi connectivity index (χ2v) is 23.7. The monoisotopic (exact) mass is 1160 g/mol. The van der Waals surface area contributed by atoms with Crippen LogP contribution in [0.15, 0.2) is 97.2 Å². The Labute approximate surface area is 515 Å². The Balaban J connectivity index is 4.32. The van der Waals surface area contributed by atoms with Crippen molar-refractivity contribution < 1.29 is 28.6 Å². The van der Waals surface area contributed by atoms with Crippen LogP contribution in [0.1, 0.15) is 355 Å². The molecule has 0 amide bonds. The number of allylic oxidation sites excluding steroid dienone is 16. The van der Waals surface area contributed by atoms with E-state index in [9.17, 15) is 14.4 Å². The smallest absolute Gasteiger partial charge is 0.306 e. The summed E-state index contributed by atoms with van der Waals surface area (Å²) in [4.78, 5) is 38.5. The van der Waals surface area contributed by atoms with Gasteiger partial charge in [-0.1, -0.05) is 336 Å². The van der Waals surface area contributed by atoms with E-state index in [1.807, 2.05) is 0 Å². The van der Waals surface area contributed by atoms with Crippen molar-refractivity contribution >= 4 is 17.9 Å². The van der Waals surface area contributed by atoms with E-state index in [0.717, 1.165) is 135 Å². The molecule has 0 rings (SSSR count). The van der Waals surface area contributed by atoms with Gasteiger partial charge in [-0.25, -0.2) is 0 Å². The number of carbonyl (C=O) groups excluding carboxylic acids is 3. The topological polar surface area (TPSA) is 78.9 Å². The van der Waals surface area contributed by atoms with Gasteiger partial charge >= 0.3 is 17.9 Å². The lowest BCUT2D eigenvalue weighted by Crippen LogP contribution is -2.30. The first-order chi connectivity index (χ1) is 41.0. The standard InChI is InChI=1S/C77H134O6/c1-4-7-10-13-16-19-22-25-28-30-32-34-36-38-40-42-44-46-49-52-55-58-61-64-67-70-76(79)82-73-74(72-81-75(78)69-66-63-60-57-54-51-48-27-24-21-18-15-12-9-6-3)83-77(80)71-68-65-62-59-56-53-50-47-45-43-41-39-37-35-33-31-29-26-23-20-17-14-11-8-5-2/h7,9-10,12,16,18-19,21,25,27-28,32,34,38,40,48,74H,4-6,8,11,13-15,17,20,22-24,26,29-31,33,35-37,39,41-47,49-73H2,1-3H3/b10-7-,12-9-,19-16-,21-18-,28-25-,34-32-,40-38-,48-27-. The molecule has 478 valence electrons. The summed E-state index contributed by atoms with van der Waals surface area (Å²) >= 11 is 0. The third-order valence-corrected chi connectivity index (χ3v) is 15.6. The van der Waals surface area contributed by atoms with E-state index in [1.54, 1.807) is 0 Å². The summed E-state index contributed by atoms with van der Waals surface area (Å²) < 4.78 is 17.0. The van der Waals surface area contributed by atoms with Crippen LogP contribution in [0.3, 0.4) is 0 Å². The van der Waals surface area contributed by atoms with Crippen molar-refractivity contribution in [1.82, 2.24) is 0 Å². The van der Waals surface area contributed by atoms with Gasteiger partial charge in [-0.15, -0.1) is 0 Å². The fourth-order valence-corrected chi connectivity index (χ4v) is 10.3. The van der Waals surface area contributed by atoms with E-state index < -0.39 is 6.10 Å². The van der Waals surface area contributed by atoms with E-state index in [0.29, 0.717) is 19.3 Å². The summed E-state index contributed by atoms with van der Waals surface area (Å²) in [6.45, 7) is 6.45. The average Bonchev–Trinajstić information content (AvgIpc) is 3.49. The van der Waals surface area contributed by atoms with Crippen LogP contribution in [0, 0.1) is 0 Å². The molecule has 0 aliphatic rings. The van der Waals surface area contributed by atoms with Crippen LogP contribution >= 0.6 is 0 Å². The summed E-state index contributed by atoms with van der Waals surface area (Å²) in [6.07, 6.45) is 95.8. The molecule has 0 saturated heterocycles. The van der Waals surface area contributed by atoms with Gasteiger partial charge in [0.15, 0.2) is 6.10 Å². The van der Waals surface area contributed by atoms with Crippen LogP contribution in [-0.4, -0.2) is 37.2 Å². The fraction of sp³-hybridized carbons (Fsp3) is 0.753. The van der Waals surface area contributed by atoms with Crippen molar-refractivity contribution in [2.45, 2.75) is 361 Å². The van der Waals surface area contributed by atoms with Crippen molar-refractivity contribution in [2.24, 2.45) is 0 Å². The molecule has 0 heterocycles. The Bertz CT molecular complexity index is 1610. The highest BCUT2D eigenvalue weighted by atomic mass is 16.6. The minimum atomic E-state index is -0.789. The number of rotatable bonds is 65. The first-order valence-corrected chi connectivity index (χ1v) is 35.7. The van der Waals surface area contributed by atoms with Gasteiger partial charge < -0.3 is 14.2 Å². The Morgan fingerprint density at radius 2 is 0.470 bits per heavy atom. The number of esters is 3. The molecule has 0 aromatic rings.